The van der Waals surface area contributed by atoms with E-state index in [2.05, 4.69) is 20.5 Å². The summed E-state index contributed by atoms with van der Waals surface area (Å²) in [6, 6.07) is 8.74. The van der Waals surface area contributed by atoms with Gasteiger partial charge in [0.05, 0.1) is 4.92 Å². The number of aromatic nitrogens is 1. The van der Waals surface area contributed by atoms with Crippen molar-refractivity contribution in [3.8, 4) is 5.88 Å². The Balaban J connectivity index is 1.33. The van der Waals surface area contributed by atoms with Gasteiger partial charge in [-0.3, -0.25) is 10.1 Å². The van der Waals surface area contributed by atoms with Gasteiger partial charge in [0.25, 0.3) is 5.69 Å². The number of alkyl halides is 3. The van der Waals surface area contributed by atoms with Gasteiger partial charge < -0.3 is 20.3 Å². The standard InChI is InChI=1S/C22H26F3N5O3/c23-22(24,25)18-14-16(6-9-19(18)30(31)32)27-15-4-7-17(8-5-15)33-21-3-1-2-20(28-21)29-12-10-26-11-13-29/h1-3,6,9,14-15,17,26-27H,4-5,7-8,10-13H2/t15-,17-. The smallest absolute Gasteiger partial charge is 0.423 e. The van der Waals surface area contributed by atoms with Gasteiger partial charge in [-0.1, -0.05) is 6.07 Å². The van der Waals surface area contributed by atoms with E-state index in [0.717, 1.165) is 57.0 Å². The fourth-order valence-corrected chi connectivity index (χ4v) is 4.28. The summed E-state index contributed by atoms with van der Waals surface area (Å²) in [7, 11) is 0. The Bertz CT molecular complexity index is 974. The first-order valence-corrected chi connectivity index (χ1v) is 11.0. The molecule has 2 N–H and O–H groups in total. The monoisotopic (exact) mass is 465 g/mol. The number of ether oxygens (including phenoxy) is 1. The van der Waals surface area contributed by atoms with E-state index in [-0.39, 0.29) is 17.8 Å². The summed E-state index contributed by atoms with van der Waals surface area (Å²) in [4.78, 5) is 16.8. The van der Waals surface area contributed by atoms with Gasteiger partial charge in [0.2, 0.25) is 5.88 Å². The van der Waals surface area contributed by atoms with Crippen LogP contribution in [0.15, 0.2) is 36.4 Å². The largest absolute Gasteiger partial charge is 0.474 e. The average molecular weight is 465 g/mol. The summed E-state index contributed by atoms with van der Waals surface area (Å²) >= 11 is 0. The molecule has 11 heteroatoms. The van der Waals surface area contributed by atoms with Gasteiger partial charge in [-0.25, -0.2) is 0 Å². The normalized spacial score (nSPS) is 21.5. The number of rotatable bonds is 6. The summed E-state index contributed by atoms with van der Waals surface area (Å²) in [5, 5.41) is 17.3. The maximum Gasteiger partial charge on any atom is 0.423 e. The maximum atomic E-state index is 13.2. The van der Waals surface area contributed by atoms with E-state index in [1.54, 1.807) is 0 Å². The molecule has 1 aliphatic heterocycles. The first kappa shape index (κ1) is 23.1. The van der Waals surface area contributed by atoms with Gasteiger partial charge in [0, 0.05) is 50.0 Å². The lowest BCUT2D eigenvalue weighted by molar-refractivity contribution is -0.388. The molecule has 0 spiro atoms. The van der Waals surface area contributed by atoms with Gasteiger partial charge in [-0.2, -0.15) is 18.2 Å². The molecule has 0 atom stereocenters. The zero-order valence-corrected chi connectivity index (χ0v) is 18.0. The minimum Gasteiger partial charge on any atom is -0.474 e. The molecule has 1 aliphatic carbocycles. The third-order valence-corrected chi connectivity index (χ3v) is 5.98. The number of hydrogen-bond acceptors (Lipinski definition) is 7. The lowest BCUT2D eigenvalue weighted by Gasteiger charge is -2.31. The Hall–Kier alpha value is -3.08. The van der Waals surface area contributed by atoms with Crippen molar-refractivity contribution in [3.63, 3.8) is 0 Å². The topological polar surface area (TPSA) is 92.6 Å². The minimum atomic E-state index is -4.79. The van der Waals surface area contributed by atoms with Crippen LogP contribution in [0.4, 0.5) is 30.4 Å². The quantitative estimate of drug-likeness (QED) is 0.487. The van der Waals surface area contributed by atoms with Crippen LogP contribution >= 0.6 is 0 Å². The van der Waals surface area contributed by atoms with E-state index in [0.29, 0.717) is 18.7 Å². The van der Waals surface area contributed by atoms with Gasteiger partial charge in [0.15, 0.2) is 0 Å². The van der Waals surface area contributed by atoms with Gasteiger partial charge in [-0.15, -0.1) is 0 Å². The molecule has 1 saturated heterocycles. The highest BCUT2D eigenvalue weighted by atomic mass is 19.4. The number of nitrogens with zero attached hydrogens (tertiary/aromatic N) is 3. The second-order valence-electron chi connectivity index (χ2n) is 8.29. The van der Waals surface area contributed by atoms with Crippen LogP contribution in [0.1, 0.15) is 31.2 Å². The molecule has 8 nitrogen and oxygen atoms in total. The van der Waals surface area contributed by atoms with Crippen LogP contribution in [0.2, 0.25) is 0 Å². The molecule has 0 unspecified atom stereocenters. The van der Waals surface area contributed by atoms with Crippen molar-refractivity contribution >= 4 is 17.2 Å². The van der Waals surface area contributed by atoms with Crippen LogP contribution in [-0.4, -0.2) is 48.2 Å². The Labute approximate surface area is 189 Å². The zero-order valence-electron chi connectivity index (χ0n) is 18.0. The molecule has 33 heavy (non-hydrogen) atoms. The molecular weight excluding hydrogens is 439 g/mol. The Morgan fingerprint density at radius 2 is 1.85 bits per heavy atom. The lowest BCUT2D eigenvalue weighted by Crippen LogP contribution is -2.43. The highest BCUT2D eigenvalue weighted by molar-refractivity contribution is 5.55. The Morgan fingerprint density at radius 3 is 2.52 bits per heavy atom. The molecule has 178 valence electrons. The van der Waals surface area contributed by atoms with Crippen molar-refractivity contribution in [1.29, 1.82) is 0 Å². The molecule has 2 heterocycles. The number of nitrogens with one attached hydrogen (secondary N) is 2. The fourth-order valence-electron chi connectivity index (χ4n) is 4.28. The number of benzene rings is 1. The summed E-state index contributed by atoms with van der Waals surface area (Å²) in [6.07, 6.45) is -1.93. The van der Waals surface area contributed by atoms with Crippen LogP contribution in [0.5, 0.6) is 5.88 Å². The third-order valence-electron chi connectivity index (χ3n) is 5.98. The molecule has 2 fully saturated rings. The van der Waals surface area contributed by atoms with Gasteiger partial charge >= 0.3 is 6.18 Å². The number of piperazine rings is 1. The van der Waals surface area contributed by atoms with Crippen molar-refractivity contribution in [2.24, 2.45) is 0 Å². The fraction of sp³-hybridized carbons (Fsp3) is 0.500. The molecule has 0 amide bonds. The molecule has 2 aromatic rings. The summed E-state index contributed by atoms with van der Waals surface area (Å²) in [6.45, 7) is 3.63. The van der Waals surface area contributed by atoms with Gasteiger partial charge in [0.1, 0.15) is 17.5 Å². The van der Waals surface area contributed by atoms with E-state index < -0.39 is 22.4 Å². The molecule has 1 aromatic carbocycles. The number of nitro groups is 1. The van der Waals surface area contributed by atoms with Crippen molar-refractivity contribution in [3.05, 3.63) is 52.1 Å². The molecule has 2 aliphatic rings. The highest BCUT2D eigenvalue weighted by Crippen LogP contribution is 2.38. The van der Waals surface area contributed by atoms with Crippen molar-refractivity contribution in [2.45, 2.75) is 44.0 Å². The summed E-state index contributed by atoms with van der Waals surface area (Å²) in [5.41, 5.74) is -1.96. The number of halogens is 3. The molecule has 0 bridgehead atoms. The maximum absolute atomic E-state index is 13.2. The van der Waals surface area contributed by atoms with E-state index in [1.807, 2.05) is 18.2 Å². The molecule has 1 aromatic heterocycles. The van der Waals surface area contributed by atoms with Crippen molar-refractivity contribution in [2.75, 3.05) is 36.4 Å². The van der Waals surface area contributed by atoms with Crippen LogP contribution in [0, 0.1) is 10.1 Å². The number of hydrogen-bond donors (Lipinski definition) is 2. The SMILES string of the molecule is O=[N+]([O-])c1ccc(N[C@H]2CC[C@H](Oc3cccc(N4CCNCC4)n3)CC2)cc1C(F)(F)F. The van der Waals surface area contributed by atoms with Crippen LogP contribution in [-0.2, 0) is 6.18 Å². The molecular formula is C22H26F3N5O3. The highest BCUT2D eigenvalue weighted by Gasteiger charge is 2.38. The number of pyridine rings is 1. The van der Waals surface area contributed by atoms with E-state index in [9.17, 15) is 23.3 Å². The first-order chi connectivity index (χ1) is 15.8. The molecule has 0 radical (unpaired) electrons. The molecule has 4 rings (SSSR count). The first-order valence-electron chi connectivity index (χ1n) is 11.0. The minimum absolute atomic E-state index is 0.0172. The predicted molar refractivity (Wildman–Crippen MR) is 118 cm³/mol. The third kappa shape index (κ3) is 5.84. The van der Waals surface area contributed by atoms with E-state index in [1.165, 1.54) is 6.07 Å². The lowest BCUT2D eigenvalue weighted by atomic mass is 9.92. The van der Waals surface area contributed by atoms with Crippen LogP contribution in [0.3, 0.4) is 0 Å². The number of nitro benzene ring substituents is 1. The number of anilines is 2. The van der Waals surface area contributed by atoms with Gasteiger partial charge in [-0.05, 0) is 43.9 Å². The summed E-state index contributed by atoms with van der Waals surface area (Å²) < 4.78 is 45.7. The summed E-state index contributed by atoms with van der Waals surface area (Å²) in [5.74, 6) is 1.47. The van der Waals surface area contributed by atoms with Crippen LogP contribution in [0.25, 0.3) is 0 Å². The van der Waals surface area contributed by atoms with Crippen molar-refractivity contribution < 1.29 is 22.8 Å². The Kier molecular flexibility index (Phi) is 6.87. The van der Waals surface area contributed by atoms with E-state index in [4.69, 9.17) is 4.74 Å². The van der Waals surface area contributed by atoms with Crippen molar-refractivity contribution in [1.82, 2.24) is 10.3 Å². The predicted octanol–water partition coefficient (Wildman–Crippen LogP) is 4.22. The Morgan fingerprint density at radius 1 is 1.12 bits per heavy atom. The second-order valence-corrected chi connectivity index (χ2v) is 8.29. The second kappa shape index (κ2) is 9.82. The molecule has 1 saturated carbocycles. The zero-order chi connectivity index (χ0) is 23.4. The van der Waals surface area contributed by atoms with Crippen LogP contribution < -0.4 is 20.3 Å². The van der Waals surface area contributed by atoms with E-state index >= 15 is 0 Å². The average Bonchev–Trinajstić information content (AvgIpc) is 2.80.